The van der Waals surface area contributed by atoms with E-state index in [2.05, 4.69) is 188 Å². The van der Waals surface area contributed by atoms with Gasteiger partial charge in [-0.15, -0.1) is 0 Å². The van der Waals surface area contributed by atoms with Crippen LogP contribution in [0.2, 0.25) is 13.1 Å². The van der Waals surface area contributed by atoms with Gasteiger partial charge in [-0.2, -0.15) is 0 Å². The van der Waals surface area contributed by atoms with Crippen molar-refractivity contribution in [3.05, 3.63) is 155 Å². The van der Waals surface area contributed by atoms with Gasteiger partial charge in [-0.3, -0.25) is 0 Å². The molecule has 54 heavy (non-hydrogen) atoms. The summed E-state index contributed by atoms with van der Waals surface area (Å²) in [5.41, 5.74) is 13.4. The van der Waals surface area contributed by atoms with Gasteiger partial charge in [0.25, 0.3) is 0 Å². The number of fused-ring (bicyclic) bond motifs is 4. The third-order valence-electron chi connectivity index (χ3n) is 12.1. The second-order valence-electron chi connectivity index (χ2n) is 18.9. The molecule has 0 amide bonds. The molecule has 6 aromatic carbocycles. The van der Waals surface area contributed by atoms with E-state index in [4.69, 9.17) is 17.0 Å². The average molecular weight is 844 g/mol. The summed E-state index contributed by atoms with van der Waals surface area (Å²) in [7, 11) is 17.9. The molecule has 0 bridgehead atoms. The third kappa shape index (κ3) is 6.58. The molecule has 2 aliphatic rings. The zero-order valence-corrected chi connectivity index (χ0v) is 38.2. The molecule has 0 nitrogen and oxygen atoms in total. The van der Waals surface area contributed by atoms with Crippen LogP contribution in [0.15, 0.2) is 132 Å². The molecule has 2 unspecified atom stereocenters. The fraction of sp³-hybridized carbons (Fsp3) is 0.280. The van der Waals surface area contributed by atoms with Crippen LogP contribution < -0.4 is 0 Å². The van der Waals surface area contributed by atoms with E-state index >= 15 is 0 Å². The number of allylic oxidation sites excluding steroid dienone is 2. The van der Waals surface area contributed by atoms with Gasteiger partial charge in [0.1, 0.15) is 0 Å². The van der Waals surface area contributed by atoms with Gasteiger partial charge < -0.3 is 0 Å². The number of benzene rings is 6. The standard InChI is InChI=1S/2C24H23.C2H7Si.2ClH.Zr/c2*1-24(2,3)16-17-13-20-9-6-10-22(23(20)14-17)21-12-11-18-7-4-5-8-19(18)15-21;1-3-2;;;/h2*4-15H,16H2,1-3H3;3H,1-2H3;2*1H;/q;;;;;+2/p-2. The first-order valence-corrected chi connectivity index (χ1v) is 36.1. The van der Waals surface area contributed by atoms with Crippen LogP contribution in [0.1, 0.15) is 83.9 Å². The minimum absolute atomic E-state index is 0.0414. The van der Waals surface area contributed by atoms with Gasteiger partial charge in [0, 0.05) is 0 Å². The Hall–Kier alpha value is -3.00. The van der Waals surface area contributed by atoms with Gasteiger partial charge in [0.2, 0.25) is 0 Å². The molecule has 2 atom stereocenters. The Kier molecular flexibility index (Phi) is 9.54. The molecule has 275 valence electrons. The number of rotatable bonds is 7. The summed E-state index contributed by atoms with van der Waals surface area (Å²) in [5, 5.41) is 5.05. The third-order valence-corrected chi connectivity index (χ3v) is 63.9. The van der Waals surface area contributed by atoms with Crippen LogP contribution in [0.5, 0.6) is 0 Å². The Labute approximate surface area is 332 Å². The summed E-state index contributed by atoms with van der Waals surface area (Å²) in [6, 6.07) is 45.0. The first-order valence-electron chi connectivity index (χ1n) is 19.7. The topological polar surface area (TPSA) is 0 Å². The van der Waals surface area contributed by atoms with E-state index in [0.717, 1.165) is 12.8 Å². The first kappa shape index (κ1) is 37.9. The van der Waals surface area contributed by atoms with Gasteiger partial charge in [0.15, 0.2) is 0 Å². The van der Waals surface area contributed by atoms with Crippen LogP contribution in [0.3, 0.4) is 0 Å². The van der Waals surface area contributed by atoms with Gasteiger partial charge in [-0.1, -0.05) is 0 Å². The fourth-order valence-corrected chi connectivity index (χ4v) is 41.1. The van der Waals surface area contributed by atoms with E-state index in [1.807, 2.05) is 0 Å². The van der Waals surface area contributed by atoms with Crippen molar-refractivity contribution in [2.45, 2.75) is 74.7 Å². The minimum atomic E-state index is -5.04. The van der Waals surface area contributed by atoms with Crippen molar-refractivity contribution in [2.75, 3.05) is 0 Å². The maximum atomic E-state index is 8.95. The first-order chi connectivity index (χ1) is 25.5. The van der Waals surface area contributed by atoms with Gasteiger partial charge in [0.05, 0.1) is 0 Å². The van der Waals surface area contributed by atoms with Crippen LogP contribution in [0.25, 0.3) is 56.0 Å². The average Bonchev–Trinajstić information content (AvgIpc) is 3.68. The zero-order valence-electron chi connectivity index (χ0n) is 33.1. The van der Waals surface area contributed by atoms with Crippen LogP contribution >= 0.6 is 17.0 Å². The summed E-state index contributed by atoms with van der Waals surface area (Å²) >= 11 is -5.04. The Morgan fingerprint density at radius 1 is 0.500 bits per heavy atom. The van der Waals surface area contributed by atoms with Gasteiger partial charge in [-0.05, 0) is 0 Å². The predicted octanol–water partition coefficient (Wildman–Crippen LogP) is 15.8. The van der Waals surface area contributed by atoms with Crippen molar-refractivity contribution < 1.29 is 15.6 Å². The number of hydrogen-bond acceptors (Lipinski definition) is 0. The second-order valence-corrected chi connectivity index (χ2v) is 61.4. The van der Waals surface area contributed by atoms with Crippen molar-refractivity contribution >= 4 is 56.6 Å². The molecule has 0 fully saturated rings. The van der Waals surface area contributed by atoms with Crippen LogP contribution in [0.4, 0.5) is 0 Å². The second kappa shape index (κ2) is 13.6. The van der Waals surface area contributed by atoms with Crippen LogP contribution in [0, 0.1) is 10.8 Å². The molecule has 0 spiro atoms. The Bertz CT molecular complexity index is 2340. The molecular formula is C50H53Cl2SiZr. The van der Waals surface area contributed by atoms with E-state index in [0.29, 0.717) is 0 Å². The Morgan fingerprint density at radius 2 is 0.889 bits per heavy atom. The van der Waals surface area contributed by atoms with E-state index in [-0.39, 0.29) is 18.1 Å². The summed E-state index contributed by atoms with van der Waals surface area (Å²) < 4.78 is 0.0828. The summed E-state index contributed by atoms with van der Waals surface area (Å²) in [5.74, 6) is -1.74. The van der Waals surface area contributed by atoms with Crippen LogP contribution in [-0.2, 0) is 15.6 Å². The predicted molar refractivity (Wildman–Crippen MR) is 239 cm³/mol. The van der Waals surface area contributed by atoms with Crippen molar-refractivity contribution in [3.8, 4) is 22.3 Å². The molecule has 0 saturated carbocycles. The van der Waals surface area contributed by atoms with E-state index in [1.54, 1.807) is 0 Å². The van der Waals surface area contributed by atoms with Crippen molar-refractivity contribution in [1.29, 1.82) is 0 Å². The number of halogens is 2. The monoisotopic (exact) mass is 841 g/mol. The molecule has 0 heterocycles. The van der Waals surface area contributed by atoms with Gasteiger partial charge in [-0.25, -0.2) is 0 Å². The van der Waals surface area contributed by atoms with Crippen molar-refractivity contribution in [3.63, 3.8) is 0 Å². The molecule has 0 radical (unpaired) electrons. The van der Waals surface area contributed by atoms with Gasteiger partial charge >= 0.3 is 335 Å². The Morgan fingerprint density at radius 3 is 1.26 bits per heavy atom. The molecule has 0 N–H and O–H groups in total. The molecule has 0 aromatic heterocycles. The SMILES string of the molecule is C[SiH](C)[Zr]([Cl])([Cl])([CH]1C(CC(C)(C)C)=Cc2c(-c3ccc4ccccc4c3)cccc21)[CH]1C(CC(C)(C)C)=Cc2c(-c3ccc4ccccc4c3)cccc21. The summed E-state index contributed by atoms with van der Waals surface area (Å²) in [6.45, 7) is 19.1. The van der Waals surface area contributed by atoms with E-state index < -0.39 is 21.5 Å². The molecule has 4 heteroatoms. The molecule has 6 aromatic rings. The molecule has 8 rings (SSSR count). The molecule has 0 saturated heterocycles. The van der Waals surface area contributed by atoms with Crippen LogP contribution in [-0.4, -0.2) is 5.92 Å². The maximum absolute atomic E-state index is 8.95. The number of hydrogen-bond donors (Lipinski definition) is 0. The zero-order chi connectivity index (χ0) is 38.2. The van der Waals surface area contributed by atoms with E-state index in [1.165, 1.54) is 77.2 Å². The van der Waals surface area contributed by atoms with Crippen molar-refractivity contribution in [2.24, 2.45) is 10.8 Å². The quantitative estimate of drug-likeness (QED) is 0.140. The normalized spacial score (nSPS) is 18.0. The van der Waals surface area contributed by atoms with Crippen molar-refractivity contribution in [1.82, 2.24) is 0 Å². The molecular weight excluding hydrogens is 791 g/mol. The summed E-state index contributed by atoms with van der Waals surface area (Å²) in [6.07, 6.45) is 6.98. The molecule has 2 aliphatic carbocycles. The molecule has 0 aliphatic heterocycles. The fourth-order valence-electron chi connectivity index (χ4n) is 9.81. The Balaban J connectivity index is 1.36. The summed E-state index contributed by atoms with van der Waals surface area (Å²) in [4.78, 5) is 0. The van der Waals surface area contributed by atoms with E-state index in [9.17, 15) is 0 Å².